The first kappa shape index (κ1) is 20.9. The van der Waals surface area contributed by atoms with Crippen LogP contribution in [0.15, 0.2) is 30.3 Å². The minimum atomic E-state index is -0.894. The highest BCUT2D eigenvalue weighted by Crippen LogP contribution is 2.06. The van der Waals surface area contributed by atoms with E-state index in [0.717, 1.165) is 5.56 Å². The first-order chi connectivity index (χ1) is 12.9. The van der Waals surface area contributed by atoms with Gasteiger partial charge in [0.2, 0.25) is 5.91 Å². The zero-order valence-corrected chi connectivity index (χ0v) is 15.8. The number of imide groups is 1. The van der Waals surface area contributed by atoms with Crippen molar-refractivity contribution in [1.82, 2.24) is 15.5 Å². The van der Waals surface area contributed by atoms with E-state index in [1.807, 2.05) is 44.2 Å². The van der Waals surface area contributed by atoms with Crippen LogP contribution >= 0.6 is 0 Å². The molecule has 0 unspecified atom stereocenters. The molecule has 1 aromatic carbocycles. The van der Waals surface area contributed by atoms with Crippen LogP contribution in [0.4, 0.5) is 4.79 Å². The largest absolute Gasteiger partial charge is 0.378 e. The van der Waals surface area contributed by atoms with Gasteiger partial charge >= 0.3 is 6.03 Å². The molecule has 4 N–H and O–H groups in total. The second-order valence-corrected chi connectivity index (χ2v) is 6.91. The molecule has 0 aliphatic carbocycles. The average Bonchev–Trinajstić information content (AvgIpc) is 2.68. The Bertz CT molecular complexity index is 644. The maximum absolute atomic E-state index is 12.7. The van der Waals surface area contributed by atoms with Gasteiger partial charge in [0, 0.05) is 19.5 Å². The molecule has 1 heterocycles. The van der Waals surface area contributed by atoms with Gasteiger partial charge in [-0.05, 0) is 11.5 Å². The van der Waals surface area contributed by atoms with Crippen molar-refractivity contribution in [3.63, 3.8) is 0 Å². The topological polar surface area (TPSA) is 114 Å². The van der Waals surface area contributed by atoms with E-state index in [1.54, 1.807) is 0 Å². The summed E-state index contributed by atoms with van der Waals surface area (Å²) >= 11 is 0. The SMILES string of the molecule is CC(C)[C@H](N)C(=O)N[C@@H](Cc1ccccc1)C(=O)NC(=O)N1CCOCC1. The standard InChI is InChI=1S/C19H28N4O4/c1-13(2)16(20)18(25)21-15(12-14-6-4-3-5-7-14)17(24)22-19(26)23-8-10-27-11-9-23/h3-7,13,15-16H,8-12,20H2,1-2H3,(H,21,25)(H,22,24,26)/t15-,16-/m0/s1. The molecule has 8 heteroatoms. The lowest BCUT2D eigenvalue weighted by atomic mass is 10.0. The minimum absolute atomic E-state index is 0.0691. The van der Waals surface area contributed by atoms with Crippen molar-refractivity contribution >= 4 is 17.8 Å². The molecule has 0 saturated carbocycles. The summed E-state index contributed by atoms with van der Waals surface area (Å²) in [6.07, 6.45) is 0.264. The monoisotopic (exact) mass is 376 g/mol. The molecule has 0 bridgehead atoms. The summed E-state index contributed by atoms with van der Waals surface area (Å²) in [7, 11) is 0. The smallest absolute Gasteiger partial charge is 0.324 e. The normalized spacial score (nSPS) is 16.5. The summed E-state index contributed by atoms with van der Waals surface area (Å²) in [6.45, 7) is 5.39. The minimum Gasteiger partial charge on any atom is -0.378 e. The fraction of sp³-hybridized carbons (Fsp3) is 0.526. The Hall–Kier alpha value is -2.45. The highest BCUT2D eigenvalue weighted by molar-refractivity contribution is 5.99. The number of rotatable bonds is 6. The third-order valence-electron chi connectivity index (χ3n) is 4.47. The number of carbonyl (C=O) groups excluding carboxylic acids is 3. The Labute approximate surface area is 159 Å². The summed E-state index contributed by atoms with van der Waals surface area (Å²) in [5.41, 5.74) is 6.76. The molecule has 4 amide bonds. The lowest BCUT2D eigenvalue weighted by Gasteiger charge is -2.28. The number of ether oxygens (including phenoxy) is 1. The average molecular weight is 376 g/mol. The van der Waals surface area contributed by atoms with Crippen LogP contribution in [0.5, 0.6) is 0 Å². The van der Waals surface area contributed by atoms with Crippen LogP contribution < -0.4 is 16.4 Å². The lowest BCUT2D eigenvalue weighted by Crippen LogP contribution is -2.56. The third-order valence-corrected chi connectivity index (χ3v) is 4.47. The van der Waals surface area contributed by atoms with Crippen LogP contribution in [0.3, 0.4) is 0 Å². The van der Waals surface area contributed by atoms with Crippen LogP contribution in [0.1, 0.15) is 19.4 Å². The lowest BCUT2D eigenvalue weighted by molar-refractivity contribution is -0.129. The van der Waals surface area contributed by atoms with Crippen LogP contribution in [-0.2, 0) is 20.7 Å². The van der Waals surface area contributed by atoms with Crippen molar-refractivity contribution in [1.29, 1.82) is 0 Å². The molecule has 0 spiro atoms. The molecule has 148 valence electrons. The molecule has 1 aliphatic rings. The Morgan fingerprint density at radius 2 is 1.74 bits per heavy atom. The van der Waals surface area contributed by atoms with E-state index in [0.29, 0.717) is 26.3 Å². The van der Waals surface area contributed by atoms with Crippen LogP contribution in [-0.4, -0.2) is 61.1 Å². The first-order valence-electron chi connectivity index (χ1n) is 9.16. The van der Waals surface area contributed by atoms with Gasteiger partial charge in [0.15, 0.2) is 0 Å². The molecule has 1 saturated heterocycles. The van der Waals surface area contributed by atoms with Crippen LogP contribution in [0, 0.1) is 5.92 Å². The number of benzene rings is 1. The number of amides is 4. The number of nitrogens with two attached hydrogens (primary N) is 1. The molecule has 1 aromatic rings. The van der Waals surface area contributed by atoms with E-state index in [4.69, 9.17) is 10.5 Å². The van der Waals surface area contributed by atoms with Crippen molar-refractivity contribution in [2.75, 3.05) is 26.3 Å². The number of nitrogens with one attached hydrogen (secondary N) is 2. The summed E-state index contributed by atoms with van der Waals surface area (Å²) in [4.78, 5) is 38.8. The van der Waals surface area contributed by atoms with E-state index in [2.05, 4.69) is 10.6 Å². The van der Waals surface area contributed by atoms with Crippen molar-refractivity contribution < 1.29 is 19.1 Å². The van der Waals surface area contributed by atoms with Crippen LogP contribution in [0.25, 0.3) is 0 Å². The van der Waals surface area contributed by atoms with Crippen LogP contribution in [0.2, 0.25) is 0 Å². The second kappa shape index (κ2) is 10.0. The zero-order valence-electron chi connectivity index (χ0n) is 15.8. The van der Waals surface area contributed by atoms with Gasteiger partial charge in [0.05, 0.1) is 19.3 Å². The first-order valence-corrected chi connectivity index (χ1v) is 9.16. The fourth-order valence-electron chi connectivity index (χ4n) is 2.67. The Morgan fingerprint density at radius 1 is 1.11 bits per heavy atom. The quantitative estimate of drug-likeness (QED) is 0.659. The number of urea groups is 1. The van der Waals surface area contributed by atoms with E-state index in [-0.39, 0.29) is 12.3 Å². The number of hydrogen-bond donors (Lipinski definition) is 3. The Kier molecular flexibility index (Phi) is 7.75. The number of morpholine rings is 1. The Morgan fingerprint density at radius 3 is 2.33 bits per heavy atom. The number of hydrogen-bond acceptors (Lipinski definition) is 5. The zero-order chi connectivity index (χ0) is 19.8. The highest BCUT2D eigenvalue weighted by Gasteiger charge is 2.28. The van der Waals surface area contributed by atoms with E-state index in [1.165, 1.54) is 4.90 Å². The van der Waals surface area contributed by atoms with Crippen molar-refractivity contribution in [3.8, 4) is 0 Å². The van der Waals surface area contributed by atoms with E-state index in [9.17, 15) is 14.4 Å². The van der Waals surface area contributed by atoms with Gasteiger partial charge in [-0.15, -0.1) is 0 Å². The maximum Gasteiger partial charge on any atom is 0.324 e. The van der Waals surface area contributed by atoms with Gasteiger partial charge in [-0.1, -0.05) is 44.2 Å². The van der Waals surface area contributed by atoms with Crippen molar-refractivity contribution in [2.24, 2.45) is 11.7 Å². The van der Waals surface area contributed by atoms with E-state index >= 15 is 0 Å². The second-order valence-electron chi connectivity index (χ2n) is 6.91. The van der Waals surface area contributed by atoms with Gasteiger partial charge in [0.25, 0.3) is 5.91 Å². The fourth-order valence-corrected chi connectivity index (χ4v) is 2.67. The predicted molar refractivity (Wildman–Crippen MR) is 101 cm³/mol. The van der Waals surface area contributed by atoms with Gasteiger partial charge in [-0.25, -0.2) is 4.79 Å². The molecule has 8 nitrogen and oxygen atoms in total. The molecule has 2 atom stereocenters. The summed E-state index contributed by atoms with van der Waals surface area (Å²) in [5.74, 6) is -1.04. The van der Waals surface area contributed by atoms with Gasteiger partial charge in [-0.3, -0.25) is 14.9 Å². The molecule has 1 fully saturated rings. The van der Waals surface area contributed by atoms with Gasteiger partial charge in [-0.2, -0.15) is 0 Å². The third kappa shape index (κ3) is 6.33. The number of carbonyl (C=O) groups is 3. The molecule has 0 aromatic heterocycles. The molecule has 2 rings (SSSR count). The van der Waals surface area contributed by atoms with Crippen molar-refractivity contribution in [2.45, 2.75) is 32.4 Å². The van der Waals surface area contributed by atoms with E-state index < -0.39 is 29.9 Å². The molecular weight excluding hydrogens is 348 g/mol. The van der Waals surface area contributed by atoms with Gasteiger partial charge < -0.3 is 20.7 Å². The number of nitrogens with zero attached hydrogens (tertiary/aromatic N) is 1. The van der Waals surface area contributed by atoms with Gasteiger partial charge in [0.1, 0.15) is 6.04 Å². The maximum atomic E-state index is 12.7. The predicted octanol–water partition coefficient (Wildman–Crippen LogP) is 0.266. The Balaban J connectivity index is 2.06. The summed E-state index contributed by atoms with van der Waals surface area (Å²) in [6, 6.07) is 7.19. The molecule has 1 aliphatic heterocycles. The molecule has 0 radical (unpaired) electrons. The highest BCUT2D eigenvalue weighted by atomic mass is 16.5. The molecular formula is C19H28N4O4. The summed E-state index contributed by atoms with van der Waals surface area (Å²) in [5, 5.41) is 5.06. The van der Waals surface area contributed by atoms with Crippen molar-refractivity contribution in [3.05, 3.63) is 35.9 Å². The summed E-state index contributed by atoms with van der Waals surface area (Å²) < 4.78 is 5.21. The molecule has 27 heavy (non-hydrogen) atoms.